The lowest BCUT2D eigenvalue weighted by molar-refractivity contribution is 0.262. The van der Waals surface area contributed by atoms with E-state index in [1.165, 1.54) is 12.1 Å². The summed E-state index contributed by atoms with van der Waals surface area (Å²) < 4.78 is 13.9. The zero-order valence-corrected chi connectivity index (χ0v) is 10.7. The molecule has 0 radical (unpaired) electrons. The summed E-state index contributed by atoms with van der Waals surface area (Å²) in [6.07, 6.45) is 1.55. The minimum absolute atomic E-state index is 0.113. The van der Waals surface area contributed by atoms with Gasteiger partial charge in [-0.15, -0.1) is 0 Å². The Morgan fingerprint density at radius 1 is 1.17 bits per heavy atom. The average Bonchev–Trinajstić information content (AvgIpc) is 2.35. The van der Waals surface area contributed by atoms with Crippen LogP contribution in [0.1, 0.15) is 0 Å². The Morgan fingerprint density at radius 2 is 1.94 bits per heavy atom. The number of rotatable bonds is 2. The number of hydrogen-bond acceptors (Lipinski definition) is 2. The first-order chi connectivity index (χ1) is 8.66. The molecule has 0 unspecified atom stereocenters. The van der Waals surface area contributed by atoms with E-state index in [4.69, 9.17) is 0 Å². The van der Waals surface area contributed by atoms with E-state index in [2.05, 4.69) is 31.5 Å². The molecule has 2 aromatic rings. The van der Waals surface area contributed by atoms with Crippen molar-refractivity contribution in [2.45, 2.75) is 0 Å². The zero-order valence-electron chi connectivity index (χ0n) is 9.15. The van der Waals surface area contributed by atoms with Gasteiger partial charge in [-0.3, -0.25) is 5.32 Å². The standard InChI is InChI=1S/C12H9BrFN3O/c13-8-4-3-7-15-11(8)17-12(18)16-10-6-2-1-5-9(10)14/h1-7H,(H2,15,16,17,18). The first-order valence-corrected chi connectivity index (χ1v) is 5.89. The summed E-state index contributed by atoms with van der Waals surface area (Å²) in [6, 6.07) is 8.84. The number of nitrogens with one attached hydrogen (secondary N) is 2. The van der Waals surface area contributed by atoms with Crippen LogP contribution >= 0.6 is 15.9 Å². The number of aromatic nitrogens is 1. The van der Waals surface area contributed by atoms with Crippen molar-refractivity contribution in [3.05, 3.63) is 52.9 Å². The summed E-state index contributed by atoms with van der Waals surface area (Å²) in [5.41, 5.74) is 0.113. The molecular formula is C12H9BrFN3O. The molecule has 18 heavy (non-hydrogen) atoms. The third-order valence-corrected chi connectivity index (χ3v) is 2.75. The molecule has 0 bridgehead atoms. The lowest BCUT2D eigenvalue weighted by Crippen LogP contribution is -2.20. The van der Waals surface area contributed by atoms with Gasteiger partial charge >= 0.3 is 6.03 Å². The normalized spacial score (nSPS) is 9.89. The van der Waals surface area contributed by atoms with Gasteiger partial charge in [0.25, 0.3) is 0 Å². The average molecular weight is 310 g/mol. The van der Waals surface area contributed by atoms with Crippen LogP contribution in [0.5, 0.6) is 0 Å². The Labute approximate surface area is 111 Å². The molecule has 4 nitrogen and oxygen atoms in total. The van der Waals surface area contributed by atoms with Gasteiger partial charge < -0.3 is 5.32 Å². The molecule has 2 amide bonds. The van der Waals surface area contributed by atoms with Crippen LogP contribution in [0.15, 0.2) is 47.1 Å². The fourth-order valence-electron chi connectivity index (χ4n) is 1.30. The zero-order chi connectivity index (χ0) is 13.0. The molecule has 0 fully saturated rings. The van der Waals surface area contributed by atoms with Crippen LogP contribution in [0.3, 0.4) is 0 Å². The number of halogens is 2. The van der Waals surface area contributed by atoms with Crippen LogP contribution < -0.4 is 10.6 Å². The number of nitrogens with zero attached hydrogens (tertiary/aromatic N) is 1. The molecule has 0 saturated carbocycles. The highest BCUT2D eigenvalue weighted by molar-refractivity contribution is 9.10. The molecule has 2 N–H and O–H groups in total. The summed E-state index contributed by atoms with van der Waals surface area (Å²) >= 11 is 3.25. The first kappa shape index (κ1) is 12.5. The van der Waals surface area contributed by atoms with Crippen LogP contribution in [-0.4, -0.2) is 11.0 Å². The third kappa shape index (κ3) is 3.04. The molecule has 6 heteroatoms. The van der Waals surface area contributed by atoms with Gasteiger partial charge in [0, 0.05) is 6.20 Å². The van der Waals surface area contributed by atoms with E-state index in [1.807, 2.05) is 0 Å². The SMILES string of the molecule is O=C(Nc1ccccc1F)Nc1ncccc1Br. The van der Waals surface area contributed by atoms with Crippen molar-refractivity contribution in [1.82, 2.24) is 4.98 Å². The maximum atomic E-state index is 13.3. The van der Waals surface area contributed by atoms with Crippen molar-refractivity contribution < 1.29 is 9.18 Å². The molecule has 92 valence electrons. The highest BCUT2D eigenvalue weighted by Gasteiger charge is 2.08. The topological polar surface area (TPSA) is 54.0 Å². The Bertz CT molecular complexity index is 527. The van der Waals surface area contributed by atoms with E-state index in [9.17, 15) is 9.18 Å². The molecule has 1 heterocycles. The molecular weight excluding hydrogens is 301 g/mol. The van der Waals surface area contributed by atoms with Crippen molar-refractivity contribution in [3.63, 3.8) is 0 Å². The number of benzene rings is 1. The number of carbonyl (C=O) groups is 1. The third-order valence-electron chi connectivity index (χ3n) is 2.11. The summed E-state index contributed by atoms with van der Waals surface area (Å²) in [5.74, 6) is -0.126. The van der Waals surface area contributed by atoms with Gasteiger partial charge in [0.2, 0.25) is 0 Å². The van der Waals surface area contributed by atoms with Gasteiger partial charge in [0.05, 0.1) is 10.2 Å². The number of urea groups is 1. The number of pyridine rings is 1. The van der Waals surface area contributed by atoms with E-state index in [-0.39, 0.29) is 5.69 Å². The summed E-state index contributed by atoms with van der Waals surface area (Å²) in [7, 11) is 0. The van der Waals surface area contributed by atoms with E-state index >= 15 is 0 Å². The second-order valence-corrected chi connectivity index (χ2v) is 4.25. The predicted molar refractivity (Wildman–Crippen MR) is 71.0 cm³/mol. The van der Waals surface area contributed by atoms with Gasteiger partial charge in [-0.05, 0) is 40.2 Å². The Balaban J connectivity index is 2.06. The fraction of sp³-hybridized carbons (Fsp3) is 0. The van der Waals surface area contributed by atoms with Crippen molar-refractivity contribution >= 4 is 33.5 Å². The molecule has 1 aromatic carbocycles. The summed E-state index contributed by atoms with van der Waals surface area (Å²) in [5, 5.41) is 4.91. The van der Waals surface area contributed by atoms with E-state index in [1.54, 1.807) is 30.5 Å². The van der Waals surface area contributed by atoms with Gasteiger partial charge in [0.1, 0.15) is 11.6 Å². The van der Waals surface area contributed by atoms with Crippen molar-refractivity contribution in [2.24, 2.45) is 0 Å². The fourth-order valence-corrected chi connectivity index (χ4v) is 1.66. The summed E-state index contributed by atoms with van der Waals surface area (Å²) in [6.45, 7) is 0. The predicted octanol–water partition coefficient (Wildman–Crippen LogP) is 3.63. The molecule has 0 spiro atoms. The molecule has 0 aliphatic carbocycles. The lowest BCUT2D eigenvalue weighted by atomic mass is 10.3. The van der Waals surface area contributed by atoms with Crippen LogP contribution in [0, 0.1) is 5.82 Å². The Hall–Kier alpha value is -1.95. The first-order valence-electron chi connectivity index (χ1n) is 5.10. The molecule has 0 aliphatic heterocycles. The largest absolute Gasteiger partial charge is 0.324 e. The van der Waals surface area contributed by atoms with Crippen LogP contribution in [0.25, 0.3) is 0 Å². The number of carbonyl (C=O) groups excluding carboxylic acids is 1. The molecule has 1 aromatic heterocycles. The van der Waals surface area contributed by atoms with Crippen molar-refractivity contribution in [3.8, 4) is 0 Å². The lowest BCUT2D eigenvalue weighted by Gasteiger charge is -2.08. The number of para-hydroxylation sites is 1. The van der Waals surface area contributed by atoms with Crippen LogP contribution in [-0.2, 0) is 0 Å². The number of anilines is 2. The van der Waals surface area contributed by atoms with E-state index in [0.29, 0.717) is 10.3 Å². The maximum Gasteiger partial charge on any atom is 0.324 e. The molecule has 2 rings (SSSR count). The highest BCUT2D eigenvalue weighted by Crippen LogP contribution is 2.19. The minimum Gasteiger partial charge on any atom is -0.305 e. The highest BCUT2D eigenvalue weighted by atomic mass is 79.9. The minimum atomic E-state index is -0.556. The smallest absolute Gasteiger partial charge is 0.305 e. The maximum absolute atomic E-state index is 13.3. The van der Waals surface area contributed by atoms with Gasteiger partial charge in [-0.1, -0.05) is 12.1 Å². The second-order valence-electron chi connectivity index (χ2n) is 3.39. The number of hydrogen-bond donors (Lipinski definition) is 2. The molecule has 0 atom stereocenters. The Kier molecular flexibility index (Phi) is 3.88. The second kappa shape index (κ2) is 5.59. The number of amides is 2. The Morgan fingerprint density at radius 3 is 2.67 bits per heavy atom. The van der Waals surface area contributed by atoms with Gasteiger partial charge in [-0.25, -0.2) is 14.2 Å². The monoisotopic (exact) mass is 309 g/mol. The quantitative estimate of drug-likeness (QED) is 0.890. The van der Waals surface area contributed by atoms with E-state index < -0.39 is 11.8 Å². The van der Waals surface area contributed by atoms with Gasteiger partial charge in [0.15, 0.2) is 0 Å². The van der Waals surface area contributed by atoms with Crippen molar-refractivity contribution in [1.29, 1.82) is 0 Å². The van der Waals surface area contributed by atoms with Gasteiger partial charge in [-0.2, -0.15) is 0 Å². The molecule has 0 saturated heterocycles. The van der Waals surface area contributed by atoms with E-state index in [0.717, 1.165) is 0 Å². The van der Waals surface area contributed by atoms with Crippen LogP contribution in [0.4, 0.5) is 20.7 Å². The summed E-state index contributed by atoms with van der Waals surface area (Å²) in [4.78, 5) is 15.6. The van der Waals surface area contributed by atoms with Crippen molar-refractivity contribution in [2.75, 3.05) is 10.6 Å². The molecule has 0 aliphatic rings. The van der Waals surface area contributed by atoms with Crippen LogP contribution in [0.2, 0.25) is 0 Å².